The van der Waals surface area contributed by atoms with Gasteiger partial charge in [-0.2, -0.15) is 0 Å². The van der Waals surface area contributed by atoms with Crippen molar-refractivity contribution in [3.63, 3.8) is 0 Å². The van der Waals surface area contributed by atoms with Gasteiger partial charge in [0.1, 0.15) is 0 Å². The fourth-order valence-electron chi connectivity index (χ4n) is 5.59. The Bertz CT molecular complexity index is 1060. The topological polar surface area (TPSA) is 86.9 Å². The highest BCUT2D eigenvalue weighted by Gasteiger charge is 2.39. The maximum Gasteiger partial charge on any atom is 0.261 e. The third-order valence-corrected chi connectivity index (χ3v) is 8.16. The van der Waals surface area contributed by atoms with Crippen LogP contribution in [0.2, 0.25) is 0 Å². The van der Waals surface area contributed by atoms with Gasteiger partial charge in [0, 0.05) is 36.9 Å². The van der Waals surface area contributed by atoms with Crippen molar-refractivity contribution in [2.75, 3.05) is 37.6 Å². The number of benzene rings is 2. The molecule has 40 heavy (non-hydrogen) atoms. The molecule has 3 amide bonds. The van der Waals surface area contributed by atoms with E-state index in [9.17, 15) is 14.4 Å². The van der Waals surface area contributed by atoms with Crippen molar-refractivity contribution in [2.24, 2.45) is 5.73 Å². The van der Waals surface area contributed by atoms with Crippen LogP contribution in [0.1, 0.15) is 110 Å². The highest BCUT2D eigenvalue weighted by Crippen LogP contribution is 2.28. The summed E-state index contributed by atoms with van der Waals surface area (Å²) in [7, 11) is 0. The van der Waals surface area contributed by atoms with E-state index in [4.69, 9.17) is 5.73 Å². The highest BCUT2D eigenvalue weighted by molar-refractivity contribution is 6.21. The van der Waals surface area contributed by atoms with Crippen LogP contribution in [0.4, 0.5) is 5.69 Å². The molecule has 218 valence electrons. The Labute approximate surface area is 240 Å². The molecule has 0 aliphatic carbocycles. The molecular formula is C33H48N4O3. The Hall–Kier alpha value is -3.19. The van der Waals surface area contributed by atoms with Crippen molar-refractivity contribution in [1.82, 2.24) is 9.80 Å². The molecule has 1 atom stereocenters. The molecule has 7 nitrogen and oxygen atoms in total. The predicted octanol–water partition coefficient (Wildman–Crippen LogP) is 6.13. The second-order valence-electron chi connectivity index (χ2n) is 10.8. The number of hydrogen-bond donors (Lipinski definition) is 1. The molecule has 2 aromatic carbocycles. The minimum Gasteiger partial charge on any atom is -0.370 e. The van der Waals surface area contributed by atoms with Crippen molar-refractivity contribution < 1.29 is 14.4 Å². The largest absolute Gasteiger partial charge is 0.370 e. The van der Waals surface area contributed by atoms with Gasteiger partial charge in [0.15, 0.2) is 0 Å². The zero-order valence-corrected chi connectivity index (χ0v) is 24.7. The average molecular weight is 549 g/mol. The van der Waals surface area contributed by atoms with Gasteiger partial charge in [0.2, 0.25) is 5.91 Å². The lowest BCUT2D eigenvalue weighted by molar-refractivity contribution is 0.0566. The molecule has 0 fully saturated rings. The maximum absolute atomic E-state index is 13.4. The first-order valence-corrected chi connectivity index (χ1v) is 15.2. The van der Waals surface area contributed by atoms with E-state index in [-0.39, 0.29) is 17.9 Å². The Balaban J connectivity index is 1.76. The normalized spacial score (nSPS) is 13.7. The molecule has 0 bridgehead atoms. The fraction of sp³-hybridized carbons (Fsp3) is 0.545. The number of carbonyl (C=O) groups excluding carboxylic acids is 3. The zero-order chi connectivity index (χ0) is 28.9. The highest BCUT2D eigenvalue weighted by atomic mass is 16.2. The van der Waals surface area contributed by atoms with E-state index in [0.717, 1.165) is 51.1 Å². The molecule has 1 heterocycles. The third-order valence-electron chi connectivity index (χ3n) is 8.16. The monoisotopic (exact) mass is 548 g/mol. The molecule has 0 spiro atoms. The summed E-state index contributed by atoms with van der Waals surface area (Å²) in [6.45, 7) is 10.9. The van der Waals surface area contributed by atoms with Crippen molar-refractivity contribution in [3.8, 4) is 0 Å². The molecule has 1 unspecified atom stereocenters. The van der Waals surface area contributed by atoms with Crippen molar-refractivity contribution in [1.29, 1.82) is 0 Å². The minimum absolute atomic E-state index is 0.163. The number of rotatable bonds is 19. The van der Waals surface area contributed by atoms with Crippen LogP contribution in [0.25, 0.3) is 0 Å². The number of primary amides is 1. The first-order valence-electron chi connectivity index (χ1n) is 15.2. The molecule has 0 saturated carbocycles. The van der Waals surface area contributed by atoms with Crippen LogP contribution >= 0.6 is 0 Å². The number of amides is 3. The smallest absolute Gasteiger partial charge is 0.261 e. The number of anilines is 1. The summed E-state index contributed by atoms with van der Waals surface area (Å²) >= 11 is 0. The van der Waals surface area contributed by atoms with E-state index in [1.165, 1.54) is 37.0 Å². The van der Waals surface area contributed by atoms with Crippen LogP contribution in [0.5, 0.6) is 0 Å². The quantitative estimate of drug-likeness (QED) is 0.169. The zero-order valence-electron chi connectivity index (χ0n) is 24.7. The summed E-state index contributed by atoms with van der Waals surface area (Å²) in [6, 6.07) is 14.4. The summed E-state index contributed by atoms with van der Waals surface area (Å²) in [6.07, 6.45) is 9.83. The SMILES string of the molecule is CCCCCCCCCC(CCN(CCN(CC)CC)c1ccc(C(N)=O)cc1)N1C(=O)c2ccccc2C1=O. The molecule has 0 aromatic heterocycles. The molecule has 0 saturated heterocycles. The van der Waals surface area contributed by atoms with Crippen LogP contribution in [-0.2, 0) is 0 Å². The minimum atomic E-state index is -0.443. The number of imide groups is 1. The van der Waals surface area contributed by atoms with E-state index in [1.54, 1.807) is 24.3 Å². The van der Waals surface area contributed by atoms with Crippen LogP contribution in [-0.4, -0.2) is 66.3 Å². The van der Waals surface area contributed by atoms with Crippen molar-refractivity contribution in [3.05, 3.63) is 65.2 Å². The second-order valence-corrected chi connectivity index (χ2v) is 10.8. The summed E-state index contributed by atoms with van der Waals surface area (Å²) in [4.78, 5) is 44.6. The first-order chi connectivity index (χ1) is 19.4. The van der Waals surface area contributed by atoms with E-state index < -0.39 is 5.91 Å². The van der Waals surface area contributed by atoms with Gasteiger partial charge >= 0.3 is 0 Å². The van der Waals surface area contributed by atoms with Crippen molar-refractivity contribution >= 4 is 23.4 Å². The summed E-state index contributed by atoms with van der Waals surface area (Å²) in [5.41, 5.74) is 7.98. The molecule has 1 aliphatic heterocycles. The number of carbonyl (C=O) groups is 3. The van der Waals surface area contributed by atoms with Crippen LogP contribution in [0, 0.1) is 0 Å². The van der Waals surface area contributed by atoms with Gasteiger partial charge in [-0.15, -0.1) is 0 Å². The molecule has 2 aromatic rings. The van der Waals surface area contributed by atoms with Gasteiger partial charge in [0.05, 0.1) is 11.1 Å². The number of fused-ring (bicyclic) bond motifs is 1. The lowest BCUT2D eigenvalue weighted by atomic mass is 10.0. The van der Waals surface area contributed by atoms with Gasteiger partial charge in [0.25, 0.3) is 11.8 Å². The Kier molecular flexibility index (Phi) is 12.7. The first kappa shape index (κ1) is 31.3. The van der Waals surface area contributed by atoms with Gasteiger partial charge in [-0.1, -0.05) is 77.8 Å². The van der Waals surface area contributed by atoms with Gasteiger partial charge < -0.3 is 15.5 Å². The van der Waals surface area contributed by atoms with Crippen LogP contribution < -0.4 is 10.6 Å². The number of nitrogens with zero attached hydrogens (tertiary/aromatic N) is 3. The molecule has 0 radical (unpaired) electrons. The van der Waals surface area contributed by atoms with Crippen LogP contribution in [0.3, 0.4) is 0 Å². The lowest BCUT2D eigenvalue weighted by Crippen LogP contribution is -2.43. The van der Waals surface area contributed by atoms with Gasteiger partial charge in [-0.05, 0) is 62.3 Å². The Morgan fingerprint density at radius 1 is 0.750 bits per heavy atom. The molecular weight excluding hydrogens is 500 g/mol. The summed E-state index contributed by atoms with van der Waals surface area (Å²) in [5.74, 6) is -0.787. The summed E-state index contributed by atoms with van der Waals surface area (Å²) < 4.78 is 0. The number of unbranched alkanes of at least 4 members (excludes halogenated alkanes) is 6. The Morgan fingerprint density at radius 3 is 1.88 bits per heavy atom. The average Bonchev–Trinajstić information content (AvgIpc) is 3.22. The molecule has 2 N–H and O–H groups in total. The Morgan fingerprint density at radius 2 is 1.32 bits per heavy atom. The van der Waals surface area contributed by atoms with E-state index >= 15 is 0 Å². The van der Waals surface area contributed by atoms with E-state index in [1.807, 2.05) is 24.3 Å². The van der Waals surface area contributed by atoms with Gasteiger partial charge in [-0.25, -0.2) is 0 Å². The van der Waals surface area contributed by atoms with E-state index in [0.29, 0.717) is 29.7 Å². The lowest BCUT2D eigenvalue weighted by Gasteiger charge is -2.32. The standard InChI is InChI=1S/C33H48N4O3/c1-4-7-8-9-10-11-12-15-28(37-32(39)29-16-13-14-17-30(29)33(37)40)22-23-36(25-24-35(5-2)6-3)27-20-18-26(19-21-27)31(34)38/h13-14,16-21,28H,4-12,15,22-25H2,1-3H3,(H2,34,38). The number of likely N-dealkylation sites (N-methyl/N-ethyl adjacent to an activating group) is 1. The van der Waals surface area contributed by atoms with E-state index in [2.05, 4.69) is 30.6 Å². The fourth-order valence-corrected chi connectivity index (χ4v) is 5.59. The number of nitrogens with two attached hydrogens (primary N) is 1. The second kappa shape index (κ2) is 16.2. The summed E-state index contributed by atoms with van der Waals surface area (Å²) in [5, 5.41) is 0. The van der Waals surface area contributed by atoms with Crippen molar-refractivity contribution in [2.45, 2.75) is 84.6 Å². The van der Waals surface area contributed by atoms with Crippen LogP contribution in [0.15, 0.2) is 48.5 Å². The number of hydrogen-bond acceptors (Lipinski definition) is 5. The molecule has 7 heteroatoms. The maximum atomic E-state index is 13.4. The third kappa shape index (κ3) is 8.40. The molecule has 3 rings (SSSR count). The molecule has 1 aliphatic rings. The predicted molar refractivity (Wildman–Crippen MR) is 163 cm³/mol. The van der Waals surface area contributed by atoms with Gasteiger partial charge in [-0.3, -0.25) is 19.3 Å².